The minimum absolute atomic E-state index is 0.301. The SMILES string of the molecule is CS(=O)(=O)c1ccc(-c2cccc(C#Cc3cccs3)n2)cc1. The van der Waals surface area contributed by atoms with Gasteiger partial charge in [0.05, 0.1) is 15.5 Å². The highest BCUT2D eigenvalue weighted by molar-refractivity contribution is 7.90. The molecule has 0 N–H and O–H groups in total. The summed E-state index contributed by atoms with van der Waals surface area (Å²) in [4.78, 5) is 5.81. The molecule has 0 saturated carbocycles. The standard InChI is InChI=1S/C18H13NO2S2/c1-23(20,21)17-11-7-14(8-12-17)18-6-2-4-15(19-18)9-10-16-5-3-13-22-16/h2-8,11-13H,1H3. The molecule has 0 aliphatic carbocycles. The fraction of sp³-hybridized carbons (Fsp3) is 0.0556. The number of pyridine rings is 1. The Bertz CT molecular complexity index is 978. The van der Waals surface area contributed by atoms with Gasteiger partial charge in [0.25, 0.3) is 0 Å². The van der Waals surface area contributed by atoms with Crippen molar-refractivity contribution in [3.8, 4) is 23.1 Å². The zero-order valence-corrected chi connectivity index (χ0v) is 14.0. The van der Waals surface area contributed by atoms with Gasteiger partial charge in [-0.15, -0.1) is 11.3 Å². The van der Waals surface area contributed by atoms with Crippen molar-refractivity contribution in [1.29, 1.82) is 0 Å². The van der Waals surface area contributed by atoms with Gasteiger partial charge in [0.2, 0.25) is 0 Å². The van der Waals surface area contributed by atoms with E-state index in [1.54, 1.807) is 35.6 Å². The molecule has 2 heterocycles. The molecule has 1 aromatic carbocycles. The summed E-state index contributed by atoms with van der Waals surface area (Å²) in [6, 6.07) is 16.3. The third-order valence-electron chi connectivity index (χ3n) is 3.16. The van der Waals surface area contributed by atoms with Crippen LogP contribution in [0.3, 0.4) is 0 Å². The van der Waals surface area contributed by atoms with Crippen LogP contribution in [0.2, 0.25) is 0 Å². The summed E-state index contributed by atoms with van der Waals surface area (Å²) in [6.07, 6.45) is 1.20. The van der Waals surface area contributed by atoms with Crippen LogP contribution in [0, 0.1) is 11.8 Å². The molecule has 0 amide bonds. The van der Waals surface area contributed by atoms with E-state index in [1.165, 1.54) is 6.26 Å². The van der Waals surface area contributed by atoms with Crippen molar-refractivity contribution in [3.05, 3.63) is 70.5 Å². The van der Waals surface area contributed by atoms with Crippen LogP contribution in [0.15, 0.2) is 64.9 Å². The van der Waals surface area contributed by atoms with Gasteiger partial charge in [-0.1, -0.05) is 24.3 Å². The molecule has 0 radical (unpaired) electrons. The first-order chi connectivity index (χ1) is 11.0. The van der Waals surface area contributed by atoms with Gasteiger partial charge in [-0.2, -0.15) is 0 Å². The normalized spacial score (nSPS) is 10.8. The molecule has 0 unspecified atom stereocenters. The van der Waals surface area contributed by atoms with Crippen LogP contribution in [0.5, 0.6) is 0 Å². The largest absolute Gasteiger partial charge is 0.239 e. The summed E-state index contributed by atoms with van der Waals surface area (Å²) in [5, 5.41) is 1.98. The Hall–Kier alpha value is -2.42. The van der Waals surface area contributed by atoms with E-state index < -0.39 is 9.84 Å². The van der Waals surface area contributed by atoms with Crippen LogP contribution in [0.25, 0.3) is 11.3 Å². The van der Waals surface area contributed by atoms with E-state index in [0.717, 1.165) is 16.1 Å². The van der Waals surface area contributed by atoms with Crippen LogP contribution < -0.4 is 0 Å². The summed E-state index contributed by atoms with van der Waals surface area (Å²) in [6.45, 7) is 0. The molecular formula is C18H13NO2S2. The average molecular weight is 339 g/mol. The monoisotopic (exact) mass is 339 g/mol. The Kier molecular flexibility index (Phi) is 4.28. The van der Waals surface area contributed by atoms with Gasteiger partial charge in [-0.05, 0) is 47.6 Å². The van der Waals surface area contributed by atoms with E-state index in [4.69, 9.17) is 0 Å². The van der Waals surface area contributed by atoms with Gasteiger partial charge in [0, 0.05) is 11.8 Å². The lowest BCUT2D eigenvalue weighted by Crippen LogP contribution is -1.96. The van der Waals surface area contributed by atoms with Gasteiger partial charge in [0.1, 0.15) is 5.69 Å². The van der Waals surface area contributed by atoms with Crippen molar-refractivity contribution in [2.75, 3.05) is 6.26 Å². The lowest BCUT2D eigenvalue weighted by atomic mass is 10.1. The molecule has 23 heavy (non-hydrogen) atoms. The molecule has 0 spiro atoms. The van der Waals surface area contributed by atoms with Crippen molar-refractivity contribution < 1.29 is 8.42 Å². The van der Waals surface area contributed by atoms with Crippen molar-refractivity contribution in [2.45, 2.75) is 4.90 Å². The summed E-state index contributed by atoms with van der Waals surface area (Å²) in [5.41, 5.74) is 2.31. The molecule has 0 atom stereocenters. The average Bonchev–Trinajstić information content (AvgIpc) is 3.06. The first-order valence-corrected chi connectivity index (χ1v) is 9.62. The molecule has 0 fully saturated rings. The topological polar surface area (TPSA) is 47.0 Å². The molecule has 0 aliphatic heterocycles. The molecule has 5 heteroatoms. The van der Waals surface area contributed by atoms with Gasteiger partial charge in [-0.3, -0.25) is 0 Å². The van der Waals surface area contributed by atoms with Crippen molar-refractivity contribution in [2.24, 2.45) is 0 Å². The quantitative estimate of drug-likeness (QED) is 0.670. The Morgan fingerprint density at radius 2 is 1.74 bits per heavy atom. The lowest BCUT2D eigenvalue weighted by molar-refractivity contribution is 0.602. The van der Waals surface area contributed by atoms with Crippen molar-refractivity contribution >= 4 is 21.2 Å². The molecule has 3 rings (SSSR count). The first kappa shape index (κ1) is 15.5. The second-order valence-electron chi connectivity index (χ2n) is 4.93. The Morgan fingerprint density at radius 3 is 2.39 bits per heavy atom. The number of sulfone groups is 1. The molecule has 3 aromatic rings. The minimum atomic E-state index is -3.19. The van der Waals surface area contributed by atoms with Gasteiger partial charge in [-0.25, -0.2) is 13.4 Å². The molecular weight excluding hydrogens is 326 g/mol. The number of nitrogens with zero attached hydrogens (tertiary/aromatic N) is 1. The number of hydrogen-bond acceptors (Lipinski definition) is 4. The van der Waals surface area contributed by atoms with Crippen LogP contribution in [0.1, 0.15) is 10.6 Å². The van der Waals surface area contributed by atoms with E-state index in [0.29, 0.717) is 10.6 Å². The van der Waals surface area contributed by atoms with Gasteiger partial charge >= 0.3 is 0 Å². The number of benzene rings is 1. The molecule has 0 aliphatic rings. The maximum Gasteiger partial charge on any atom is 0.175 e. The number of thiophene rings is 1. The lowest BCUT2D eigenvalue weighted by Gasteiger charge is -2.03. The minimum Gasteiger partial charge on any atom is -0.239 e. The van der Waals surface area contributed by atoms with Gasteiger partial charge < -0.3 is 0 Å². The number of hydrogen-bond donors (Lipinski definition) is 0. The van der Waals surface area contributed by atoms with Crippen LogP contribution in [0.4, 0.5) is 0 Å². The van der Waals surface area contributed by atoms with E-state index in [1.807, 2.05) is 35.7 Å². The fourth-order valence-electron chi connectivity index (χ4n) is 2.01. The summed E-state index contributed by atoms with van der Waals surface area (Å²) in [7, 11) is -3.19. The Morgan fingerprint density at radius 1 is 0.957 bits per heavy atom. The first-order valence-electron chi connectivity index (χ1n) is 6.85. The fourth-order valence-corrected chi connectivity index (χ4v) is 3.21. The van der Waals surface area contributed by atoms with Gasteiger partial charge in [0.15, 0.2) is 9.84 Å². The second kappa shape index (κ2) is 6.37. The van der Waals surface area contributed by atoms with E-state index >= 15 is 0 Å². The zero-order chi connectivity index (χ0) is 16.3. The summed E-state index contributed by atoms with van der Waals surface area (Å²) < 4.78 is 23.0. The number of aromatic nitrogens is 1. The number of rotatable bonds is 2. The van der Waals surface area contributed by atoms with Crippen molar-refractivity contribution in [3.63, 3.8) is 0 Å². The highest BCUT2D eigenvalue weighted by Gasteiger charge is 2.07. The zero-order valence-electron chi connectivity index (χ0n) is 12.4. The summed E-state index contributed by atoms with van der Waals surface area (Å²) >= 11 is 1.59. The van der Waals surface area contributed by atoms with E-state index in [9.17, 15) is 8.42 Å². The molecule has 0 bridgehead atoms. The Labute approximate surface area is 139 Å². The van der Waals surface area contributed by atoms with E-state index in [2.05, 4.69) is 16.8 Å². The van der Waals surface area contributed by atoms with Crippen LogP contribution in [-0.2, 0) is 9.84 Å². The Balaban J connectivity index is 1.91. The smallest absolute Gasteiger partial charge is 0.175 e. The molecule has 2 aromatic heterocycles. The molecule has 114 valence electrons. The third-order valence-corrected chi connectivity index (χ3v) is 5.08. The maximum atomic E-state index is 11.5. The summed E-state index contributed by atoms with van der Waals surface area (Å²) in [5.74, 6) is 6.12. The predicted octanol–water partition coefficient (Wildman–Crippen LogP) is 3.61. The van der Waals surface area contributed by atoms with Crippen LogP contribution in [-0.4, -0.2) is 19.7 Å². The highest BCUT2D eigenvalue weighted by Crippen LogP contribution is 2.19. The predicted molar refractivity (Wildman–Crippen MR) is 93.1 cm³/mol. The maximum absolute atomic E-state index is 11.5. The van der Waals surface area contributed by atoms with E-state index in [-0.39, 0.29) is 0 Å². The molecule has 0 saturated heterocycles. The second-order valence-corrected chi connectivity index (χ2v) is 7.90. The van der Waals surface area contributed by atoms with Crippen LogP contribution >= 0.6 is 11.3 Å². The third kappa shape index (κ3) is 3.86. The molecule has 3 nitrogen and oxygen atoms in total. The highest BCUT2D eigenvalue weighted by atomic mass is 32.2. The van der Waals surface area contributed by atoms with Crippen molar-refractivity contribution in [1.82, 2.24) is 4.98 Å².